The van der Waals surface area contributed by atoms with Crippen molar-refractivity contribution in [1.29, 1.82) is 0 Å². The van der Waals surface area contributed by atoms with Gasteiger partial charge in [-0.1, -0.05) is 0 Å². The highest BCUT2D eigenvalue weighted by Gasteiger charge is 2.44. The molecule has 3 aromatic rings. The highest BCUT2D eigenvalue weighted by molar-refractivity contribution is 7.99. The Morgan fingerprint density at radius 1 is 1.20 bits per heavy atom. The summed E-state index contributed by atoms with van der Waals surface area (Å²) in [4.78, 5) is 51.0. The summed E-state index contributed by atoms with van der Waals surface area (Å²) in [6.45, 7) is 6.06. The molecule has 3 aliphatic rings. The van der Waals surface area contributed by atoms with Crippen molar-refractivity contribution in [3.05, 3.63) is 23.0 Å². The molecule has 44 heavy (non-hydrogen) atoms. The molecule has 2 fully saturated rings. The second-order valence-electron chi connectivity index (χ2n) is 11.7. The lowest BCUT2D eigenvalue weighted by Crippen LogP contribution is -2.54. The van der Waals surface area contributed by atoms with Gasteiger partial charge in [-0.2, -0.15) is 16.7 Å². The van der Waals surface area contributed by atoms with Crippen LogP contribution in [0.2, 0.25) is 0 Å². The fourth-order valence-corrected chi connectivity index (χ4v) is 6.78. The van der Waals surface area contributed by atoms with E-state index in [1.54, 1.807) is 30.2 Å². The third-order valence-electron chi connectivity index (χ3n) is 8.13. The number of nitrogen functional groups attached to an aromatic ring is 2. The predicted molar refractivity (Wildman–Crippen MR) is 165 cm³/mol. The first-order valence-corrected chi connectivity index (χ1v) is 15.5. The highest BCUT2D eigenvalue weighted by Crippen LogP contribution is 2.33. The third kappa shape index (κ3) is 5.82. The molecule has 3 aromatic heterocycles. The number of aliphatic imine (C=N–C) groups is 1. The molecule has 0 spiro atoms. The zero-order chi connectivity index (χ0) is 31.2. The fraction of sp³-hybridized carbons (Fsp3) is 0.577. The van der Waals surface area contributed by atoms with Crippen LogP contribution in [0.5, 0.6) is 0 Å². The van der Waals surface area contributed by atoms with Crippen LogP contribution in [0.1, 0.15) is 32.9 Å². The Hall–Kier alpha value is -3.84. The normalized spacial score (nSPS) is 25.4. The number of aliphatic hydroxyl groups excluding tert-OH is 2. The number of thioether (sulfide) groups is 1. The van der Waals surface area contributed by atoms with E-state index >= 15 is 0 Å². The molecule has 9 N–H and O–H groups in total. The Kier molecular flexibility index (Phi) is 8.18. The standard InChI is InChI=1S/C26H36N12O5S/c1-26(2)18(33-15-20(36-26)34-25(28)35-22(15)41)23(42)32-12-3-5-37(6-4-12)7-8-44-9-13-16(39)17(40)24(43-13)38-11-31-14-19(27)29-10-30-21(14)38/h10-13,16-17,24,39-40H,3-9H2,1-2H3,(H,32,42)(H2,27,29,30)(H4,28,34,35,36,41)/t13-,16?,17+,24-/m1/s1. The fourth-order valence-electron chi connectivity index (χ4n) is 5.72. The molecule has 6 heterocycles. The number of ether oxygens (including phenoxy) is 1. The summed E-state index contributed by atoms with van der Waals surface area (Å²) in [7, 11) is 0. The van der Waals surface area contributed by atoms with Gasteiger partial charge in [0, 0.05) is 37.2 Å². The summed E-state index contributed by atoms with van der Waals surface area (Å²) in [6, 6.07) is -0.0190. The van der Waals surface area contributed by atoms with Crippen molar-refractivity contribution in [2.75, 3.05) is 47.9 Å². The number of aromatic amines is 1. The summed E-state index contributed by atoms with van der Waals surface area (Å²) in [6.07, 6.45) is 0.751. The van der Waals surface area contributed by atoms with Crippen molar-refractivity contribution in [2.45, 2.75) is 62.8 Å². The number of aliphatic hydroxyl groups is 2. The van der Waals surface area contributed by atoms with Crippen molar-refractivity contribution in [1.82, 2.24) is 39.7 Å². The molecular weight excluding hydrogens is 592 g/mol. The smallest absolute Gasteiger partial charge is 0.280 e. The molecule has 1 amide bonds. The van der Waals surface area contributed by atoms with Gasteiger partial charge in [0.15, 0.2) is 29.2 Å². The van der Waals surface area contributed by atoms with Crippen LogP contribution in [0.15, 0.2) is 22.4 Å². The first kappa shape index (κ1) is 30.2. The van der Waals surface area contributed by atoms with Crippen LogP contribution >= 0.6 is 11.8 Å². The number of carbonyl (C=O) groups excluding carboxylic acids is 1. The van der Waals surface area contributed by atoms with Gasteiger partial charge >= 0.3 is 0 Å². The second-order valence-corrected chi connectivity index (χ2v) is 12.8. The maximum atomic E-state index is 13.2. The number of nitrogens with one attached hydrogen (secondary N) is 3. The van der Waals surface area contributed by atoms with Gasteiger partial charge in [0.05, 0.1) is 18.0 Å². The number of likely N-dealkylation sites (tertiary alicyclic amines) is 1. The van der Waals surface area contributed by atoms with Crippen LogP contribution in [0.25, 0.3) is 11.2 Å². The number of fused-ring (bicyclic) bond motifs is 2. The van der Waals surface area contributed by atoms with Crippen LogP contribution in [-0.2, 0) is 9.53 Å². The number of rotatable bonds is 8. The number of aromatic nitrogens is 6. The van der Waals surface area contributed by atoms with Crippen molar-refractivity contribution in [3.63, 3.8) is 0 Å². The summed E-state index contributed by atoms with van der Waals surface area (Å²) in [5.41, 5.74) is 11.2. The van der Waals surface area contributed by atoms with Crippen LogP contribution in [0.3, 0.4) is 0 Å². The molecule has 17 nitrogen and oxygen atoms in total. The van der Waals surface area contributed by atoms with E-state index in [-0.39, 0.29) is 40.9 Å². The number of anilines is 3. The van der Waals surface area contributed by atoms with E-state index in [1.807, 2.05) is 0 Å². The van der Waals surface area contributed by atoms with Gasteiger partial charge in [-0.05, 0) is 26.7 Å². The Bertz CT molecular complexity index is 1640. The number of hydrogen-bond donors (Lipinski definition) is 7. The van der Waals surface area contributed by atoms with E-state index in [0.29, 0.717) is 16.9 Å². The molecule has 6 rings (SSSR count). The summed E-state index contributed by atoms with van der Waals surface area (Å²) >= 11 is 1.64. The summed E-state index contributed by atoms with van der Waals surface area (Å²) in [5.74, 6) is 1.44. The molecule has 4 atom stereocenters. The van der Waals surface area contributed by atoms with E-state index in [1.165, 1.54) is 12.7 Å². The van der Waals surface area contributed by atoms with Crippen LogP contribution in [-0.4, -0.2) is 117 Å². The molecule has 0 saturated carbocycles. The first-order valence-electron chi connectivity index (χ1n) is 14.3. The molecule has 236 valence electrons. The summed E-state index contributed by atoms with van der Waals surface area (Å²) in [5, 5.41) is 27.5. The molecular formula is C26H36N12O5S. The van der Waals surface area contributed by atoms with Crippen molar-refractivity contribution < 1.29 is 19.7 Å². The van der Waals surface area contributed by atoms with Gasteiger partial charge in [-0.25, -0.2) is 19.9 Å². The van der Waals surface area contributed by atoms with Crippen LogP contribution in [0, 0.1) is 0 Å². The Balaban J connectivity index is 0.955. The van der Waals surface area contributed by atoms with E-state index in [4.69, 9.17) is 16.2 Å². The van der Waals surface area contributed by atoms with Gasteiger partial charge < -0.3 is 42.0 Å². The number of H-pyrrole nitrogens is 1. The first-order chi connectivity index (χ1) is 21.0. The number of imidazole rings is 1. The van der Waals surface area contributed by atoms with E-state index < -0.39 is 35.6 Å². The molecule has 1 unspecified atom stereocenters. The number of hydrogen-bond acceptors (Lipinski definition) is 15. The van der Waals surface area contributed by atoms with Gasteiger partial charge in [0.2, 0.25) is 5.95 Å². The minimum Gasteiger partial charge on any atom is -0.387 e. The minimum absolute atomic E-state index is 0.0190. The summed E-state index contributed by atoms with van der Waals surface area (Å²) < 4.78 is 7.59. The van der Waals surface area contributed by atoms with Gasteiger partial charge in [0.1, 0.15) is 29.8 Å². The van der Waals surface area contributed by atoms with Gasteiger partial charge in [-0.15, -0.1) is 0 Å². The second kappa shape index (κ2) is 11.9. The highest BCUT2D eigenvalue weighted by atomic mass is 32.2. The molecule has 0 aliphatic carbocycles. The van der Waals surface area contributed by atoms with Gasteiger partial charge in [0.25, 0.3) is 11.5 Å². The predicted octanol–water partition coefficient (Wildman–Crippen LogP) is -1.02. The zero-order valence-corrected chi connectivity index (χ0v) is 25.1. The van der Waals surface area contributed by atoms with E-state index in [2.05, 4.69) is 45.4 Å². The quantitative estimate of drug-likeness (QED) is 0.148. The van der Waals surface area contributed by atoms with E-state index in [0.717, 1.165) is 38.2 Å². The Morgan fingerprint density at radius 2 is 1.98 bits per heavy atom. The number of piperidine rings is 1. The number of nitrogens with two attached hydrogens (primary N) is 2. The van der Waals surface area contributed by atoms with Gasteiger partial charge in [-0.3, -0.25) is 19.1 Å². The topological polar surface area (TPSA) is 248 Å². The Labute approximate surface area is 255 Å². The van der Waals surface area contributed by atoms with Crippen LogP contribution in [0.4, 0.5) is 23.3 Å². The molecule has 2 saturated heterocycles. The lowest BCUT2D eigenvalue weighted by Gasteiger charge is -2.35. The SMILES string of the molecule is CC1(C)Nc2nc(N)[nH]c(=O)c2N=C1C(=O)NC1CCN(CCSC[C@H]2O[C@@H](n3cnc4c(N)ncnc43)[C@@H](O)C2O)CC1. The molecule has 18 heteroatoms. The average molecular weight is 629 g/mol. The largest absolute Gasteiger partial charge is 0.387 e. The lowest BCUT2D eigenvalue weighted by atomic mass is 9.94. The minimum atomic E-state index is -1.14. The molecule has 3 aliphatic heterocycles. The van der Waals surface area contributed by atoms with Crippen molar-refractivity contribution in [3.8, 4) is 0 Å². The average Bonchev–Trinajstić information content (AvgIpc) is 3.52. The van der Waals surface area contributed by atoms with E-state index in [9.17, 15) is 19.8 Å². The van der Waals surface area contributed by atoms with Crippen molar-refractivity contribution >= 4 is 57.8 Å². The number of amides is 1. The molecule has 0 radical (unpaired) electrons. The zero-order valence-electron chi connectivity index (χ0n) is 24.3. The maximum absolute atomic E-state index is 13.2. The monoisotopic (exact) mass is 628 g/mol. The number of nitrogens with zero attached hydrogens (tertiary/aromatic N) is 7. The van der Waals surface area contributed by atoms with Crippen molar-refractivity contribution in [2.24, 2.45) is 4.99 Å². The Morgan fingerprint density at radius 3 is 2.75 bits per heavy atom. The molecule has 0 aromatic carbocycles. The number of carbonyl (C=O) groups is 1. The van der Waals surface area contributed by atoms with Crippen LogP contribution < -0.4 is 27.7 Å². The lowest BCUT2D eigenvalue weighted by molar-refractivity contribution is -0.116. The molecule has 0 bridgehead atoms. The third-order valence-corrected chi connectivity index (χ3v) is 9.17. The maximum Gasteiger partial charge on any atom is 0.280 e.